The lowest BCUT2D eigenvalue weighted by atomic mass is 10.0. The molecule has 1 aromatic rings. The van der Waals surface area contributed by atoms with Crippen molar-refractivity contribution in [2.75, 3.05) is 34.3 Å². The van der Waals surface area contributed by atoms with Crippen molar-refractivity contribution in [3.63, 3.8) is 0 Å². The third kappa shape index (κ3) is 9.89. The zero-order chi connectivity index (χ0) is 17.9. The molecule has 0 saturated carbocycles. The van der Waals surface area contributed by atoms with E-state index in [2.05, 4.69) is 61.5 Å². The number of halogens is 1. The van der Waals surface area contributed by atoms with Crippen molar-refractivity contribution >= 4 is 29.9 Å². The Morgan fingerprint density at radius 3 is 2.52 bits per heavy atom. The van der Waals surface area contributed by atoms with E-state index in [1.165, 1.54) is 0 Å². The maximum atomic E-state index is 5.27. The Bertz CT molecular complexity index is 506. The van der Waals surface area contributed by atoms with E-state index in [1.54, 1.807) is 7.11 Å². The van der Waals surface area contributed by atoms with Gasteiger partial charge >= 0.3 is 0 Å². The third-order valence-corrected chi connectivity index (χ3v) is 3.88. The number of rotatable bonds is 9. The highest BCUT2D eigenvalue weighted by atomic mass is 127. The first-order valence-electron chi connectivity index (χ1n) is 8.77. The summed E-state index contributed by atoms with van der Waals surface area (Å²) in [5.41, 5.74) is 1.14. The van der Waals surface area contributed by atoms with Crippen molar-refractivity contribution in [3.05, 3.63) is 29.8 Å². The van der Waals surface area contributed by atoms with Crippen molar-refractivity contribution in [1.82, 2.24) is 15.5 Å². The van der Waals surface area contributed by atoms with Crippen LogP contribution in [0.25, 0.3) is 0 Å². The van der Waals surface area contributed by atoms with Crippen LogP contribution in [0, 0.1) is 5.92 Å². The number of ether oxygens (including phenoxy) is 1. The fourth-order valence-electron chi connectivity index (χ4n) is 2.52. The van der Waals surface area contributed by atoms with Gasteiger partial charge in [-0.05, 0) is 51.1 Å². The summed E-state index contributed by atoms with van der Waals surface area (Å²) >= 11 is 0. The smallest absolute Gasteiger partial charge is 0.191 e. The summed E-state index contributed by atoms with van der Waals surface area (Å²) in [6, 6.07) is 8.52. The molecule has 1 rings (SSSR count). The summed E-state index contributed by atoms with van der Waals surface area (Å²) in [6.45, 7) is 8.97. The van der Waals surface area contributed by atoms with Crippen LogP contribution in [-0.2, 0) is 6.54 Å². The number of hydrogen-bond donors (Lipinski definition) is 2. The molecule has 144 valence electrons. The fourth-order valence-corrected chi connectivity index (χ4v) is 2.52. The van der Waals surface area contributed by atoms with Crippen LogP contribution >= 0.6 is 24.0 Å². The third-order valence-electron chi connectivity index (χ3n) is 3.88. The predicted octanol–water partition coefficient (Wildman–Crippen LogP) is 3.34. The Morgan fingerprint density at radius 1 is 1.24 bits per heavy atom. The van der Waals surface area contributed by atoms with Crippen LogP contribution in [-0.4, -0.2) is 51.2 Å². The highest BCUT2D eigenvalue weighted by Gasteiger charge is 2.13. The van der Waals surface area contributed by atoms with Crippen LogP contribution in [0.2, 0.25) is 0 Å². The van der Waals surface area contributed by atoms with E-state index >= 15 is 0 Å². The molecule has 0 amide bonds. The van der Waals surface area contributed by atoms with Gasteiger partial charge in [-0.15, -0.1) is 24.0 Å². The Hall–Kier alpha value is -1.02. The lowest BCUT2D eigenvalue weighted by molar-refractivity contribution is 0.254. The summed E-state index contributed by atoms with van der Waals surface area (Å²) in [5.74, 6) is 2.40. The van der Waals surface area contributed by atoms with Gasteiger partial charge in [0.15, 0.2) is 5.96 Å². The minimum atomic E-state index is 0. The molecular formula is C19H35IN4O. The number of methoxy groups -OCH3 is 1. The summed E-state index contributed by atoms with van der Waals surface area (Å²) in [6.07, 6.45) is 1.16. The van der Waals surface area contributed by atoms with Gasteiger partial charge in [0.2, 0.25) is 0 Å². The molecule has 0 spiro atoms. The number of likely N-dealkylation sites (N-methyl/N-ethyl adjacent to an activating group) is 1. The summed E-state index contributed by atoms with van der Waals surface area (Å²) < 4.78 is 5.27. The maximum absolute atomic E-state index is 5.27. The van der Waals surface area contributed by atoms with E-state index in [0.717, 1.165) is 36.8 Å². The largest absolute Gasteiger partial charge is 0.497 e. The van der Waals surface area contributed by atoms with Gasteiger partial charge in [0.1, 0.15) is 5.75 Å². The number of nitrogens with zero attached hydrogens (tertiary/aromatic N) is 2. The molecule has 1 aromatic carbocycles. The predicted molar refractivity (Wildman–Crippen MR) is 118 cm³/mol. The first kappa shape index (κ1) is 24.0. The second-order valence-electron chi connectivity index (χ2n) is 6.67. The molecule has 1 atom stereocenters. The molecule has 1 unspecified atom stereocenters. The molecule has 0 bridgehead atoms. The van der Waals surface area contributed by atoms with Gasteiger partial charge in [-0.1, -0.05) is 26.0 Å². The number of hydrogen-bond acceptors (Lipinski definition) is 3. The highest BCUT2D eigenvalue weighted by Crippen LogP contribution is 2.13. The zero-order valence-corrected chi connectivity index (χ0v) is 18.8. The lowest BCUT2D eigenvalue weighted by Gasteiger charge is -2.27. The van der Waals surface area contributed by atoms with Crippen LogP contribution in [0.1, 0.15) is 32.8 Å². The number of aliphatic imine (C=N–C) groups is 1. The fraction of sp³-hybridized carbons (Fsp3) is 0.632. The summed E-state index contributed by atoms with van der Waals surface area (Å²) in [5, 5.41) is 6.79. The van der Waals surface area contributed by atoms with E-state index in [4.69, 9.17) is 4.74 Å². The molecule has 0 saturated heterocycles. The standard InChI is InChI=1S/C19H34N4O.HI/c1-7-20-19(22-14-17(23(4)5)11-15(2)3)21-13-16-9-8-10-18(12-16)24-6;/h8-10,12,15,17H,7,11,13-14H2,1-6H3,(H2,20,21,22);1H. The Balaban J connectivity index is 0.00000576. The second-order valence-corrected chi connectivity index (χ2v) is 6.67. The molecule has 0 fully saturated rings. The van der Waals surface area contributed by atoms with Crippen molar-refractivity contribution in [2.24, 2.45) is 10.9 Å². The summed E-state index contributed by atoms with van der Waals surface area (Å²) in [4.78, 5) is 6.97. The maximum Gasteiger partial charge on any atom is 0.191 e. The number of guanidine groups is 1. The minimum absolute atomic E-state index is 0. The average Bonchev–Trinajstić information content (AvgIpc) is 2.55. The van der Waals surface area contributed by atoms with E-state index in [1.807, 2.05) is 18.2 Å². The van der Waals surface area contributed by atoms with E-state index in [0.29, 0.717) is 18.5 Å². The molecule has 2 N–H and O–H groups in total. The summed E-state index contributed by atoms with van der Waals surface area (Å²) in [7, 11) is 5.95. The average molecular weight is 462 g/mol. The molecule has 6 heteroatoms. The SMILES string of the molecule is CCNC(=NCc1cccc(OC)c1)NCC(CC(C)C)N(C)C.I. The molecule has 0 aliphatic heterocycles. The van der Waals surface area contributed by atoms with Gasteiger partial charge in [-0.2, -0.15) is 0 Å². The molecule has 0 heterocycles. The quantitative estimate of drug-likeness (QED) is 0.336. The molecule has 0 aromatic heterocycles. The Kier molecular flexibility index (Phi) is 12.7. The number of benzene rings is 1. The van der Waals surface area contributed by atoms with E-state index in [-0.39, 0.29) is 24.0 Å². The van der Waals surface area contributed by atoms with Crippen LogP contribution in [0.3, 0.4) is 0 Å². The zero-order valence-electron chi connectivity index (χ0n) is 16.5. The molecule has 0 radical (unpaired) electrons. The molecule has 0 aliphatic carbocycles. The van der Waals surface area contributed by atoms with Gasteiger partial charge in [-0.3, -0.25) is 0 Å². The van der Waals surface area contributed by atoms with Crippen LogP contribution in [0.4, 0.5) is 0 Å². The van der Waals surface area contributed by atoms with E-state index < -0.39 is 0 Å². The Morgan fingerprint density at radius 2 is 1.96 bits per heavy atom. The molecule has 25 heavy (non-hydrogen) atoms. The minimum Gasteiger partial charge on any atom is -0.497 e. The van der Waals surface area contributed by atoms with Gasteiger partial charge in [-0.25, -0.2) is 4.99 Å². The molecule has 5 nitrogen and oxygen atoms in total. The van der Waals surface area contributed by atoms with E-state index in [9.17, 15) is 0 Å². The first-order valence-corrected chi connectivity index (χ1v) is 8.77. The van der Waals surface area contributed by atoms with Gasteiger partial charge < -0.3 is 20.3 Å². The van der Waals surface area contributed by atoms with Crippen LogP contribution < -0.4 is 15.4 Å². The van der Waals surface area contributed by atoms with Gasteiger partial charge in [0, 0.05) is 19.1 Å². The topological polar surface area (TPSA) is 48.9 Å². The van der Waals surface area contributed by atoms with Gasteiger partial charge in [0.25, 0.3) is 0 Å². The van der Waals surface area contributed by atoms with Crippen molar-refractivity contribution in [1.29, 1.82) is 0 Å². The van der Waals surface area contributed by atoms with Gasteiger partial charge in [0.05, 0.1) is 13.7 Å². The monoisotopic (exact) mass is 462 g/mol. The number of nitrogens with one attached hydrogen (secondary N) is 2. The Labute approximate surface area is 170 Å². The normalized spacial score (nSPS) is 12.7. The van der Waals surface area contributed by atoms with Crippen LogP contribution in [0.15, 0.2) is 29.3 Å². The van der Waals surface area contributed by atoms with Crippen molar-refractivity contribution in [3.8, 4) is 5.75 Å². The van der Waals surface area contributed by atoms with Crippen LogP contribution in [0.5, 0.6) is 5.75 Å². The molecule has 0 aliphatic rings. The van der Waals surface area contributed by atoms with Crippen molar-refractivity contribution < 1.29 is 4.74 Å². The lowest BCUT2D eigenvalue weighted by Crippen LogP contribution is -2.45. The molecular weight excluding hydrogens is 427 g/mol. The second kappa shape index (κ2) is 13.2. The van der Waals surface area contributed by atoms with Crippen molar-refractivity contribution in [2.45, 2.75) is 39.8 Å². The highest BCUT2D eigenvalue weighted by molar-refractivity contribution is 14.0. The first-order chi connectivity index (χ1) is 11.5.